The van der Waals surface area contributed by atoms with E-state index in [4.69, 9.17) is 14.2 Å². The second-order valence-corrected chi connectivity index (χ2v) is 16.0. The molecule has 0 saturated carbocycles. The topological polar surface area (TPSA) is 61.8 Å². The van der Waals surface area contributed by atoms with Crippen LogP contribution in [0.2, 0.25) is 0 Å². The van der Waals surface area contributed by atoms with Gasteiger partial charge in [0.15, 0.2) is 6.10 Å². The van der Waals surface area contributed by atoms with Crippen molar-refractivity contribution in [1.82, 2.24) is 0 Å². The predicted molar refractivity (Wildman–Crippen MR) is 251 cm³/mol. The number of rotatable bonds is 44. The van der Waals surface area contributed by atoms with Gasteiger partial charge in [-0.25, -0.2) is 0 Å². The zero-order valence-corrected chi connectivity index (χ0v) is 38.3. The molecule has 0 bridgehead atoms. The predicted octanol–water partition coefficient (Wildman–Crippen LogP) is 16.3. The molecule has 0 amide bonds. The summed E-state index contributed by atoms with van der Waals surface area (Å²) >= 11 is 0. The number of hydrogen-bond acceptors (Lipinski definition) is 5. The van der Waals surface area contributed by atoms with Gasteiger partial charge in [-0.05, 0) is 96.3 Å². The lowest BCUT2D eigenvalue weighted by molar-refractivity contribution is -0.163. The van der Waals surface area contributed by atoms with Gasteiger partial charge in [-0.3, -0.25) is 9.59 Å². The molecule has 334 valence electrons. The van der Waals surface area contributed by atoms with Crippen LogP contribution in [0, 0.1) is 0 Å². The minimum atomic E-state index is -0.551. The molecule has 0 fully saturated rings. The van der Waals surface area contributed by atoms with Crippen molar-refractivity contribution < 1.29 is 23.8 Å². The summed E-state index contributed by atoms with van der Waals surface area (Å²) < 4.78 is 17.3. The smallest absolute Gasteiger partial charge is 0.306 e. The third-order valence-electron chi connectivity index (χ3n) is 10.2. The van der Waals surface area contributed by atoms with Crippen LogP contribution < -0.4 is 0 Å². The molecule has 0 aliphatic heterocycles. The highest BCUT2D eigenvalue weighted by Gasteiger charge is 2.17. The van der Waals surface area contributed by atoms with E-state index in [9.17, 15) is 9.59 Å². The molecule has 0 radical (unpaired) electrons. The zero-order chi connectivity index (χ0) is 42.1. The van der Waals surface area contributed by atoms with Gasteiger partial charge < -0.3 is 14.2 Å². The van der Waals surface area contributed by atoms with Gasteiger partial charge in [-0.2, -0.15) is 0 Å². The molecule has 58 heavy (non-hydrogen) atoms. The Morgan fingerprint density at radius 1 is 0.397 bits per heavy atom. The summed E-state index contributed by atoms with van der Waals surface area (Å²) in [5, 5.41) is 0. The van der Waals surface area contributed by atoms with E-state index in [1.807, 2.05) is 0 Å². The summed E-state index contributed by atoms with van der Waals surface area (Å²) in [6.07, 6.45) is 61.9. The van der Waals surface area contributed by atoms with Crippen LogP contribution in [0.1, 0.15) is 226 Å². The van der Waals surface area contributed by atoms with Gasteiger partial charge in [-0.15, -0.1) is 0 Å². The molecule has 0 aliphatic rings. The van der Waals surface area contributed by atoms with Gasteiger partial charge in [-0.1, -0.05) is 190 Å². The number of allylic oxidation sites excluding steroid dienone is 12. The Balaban J connectivity index is 4.27. The van der Waals surface area contributed by atoms with Gasteiger partial charge in [0.1, 0.15) is 6.61 Å². The quantitative estimate of drug-likeness (QED) is 0.0348. The van der Waals surface area contributed by atoms with Gasteiger partial charge in [0.2, 0.25) is 0 Å². The minimum Gasteiger partial charge on any atom is -0.462 e. The molecular formula is C53H92O5. The number of esters is 2. The minimum absolute atomic E-state index is 0.0695. The highest BCUT2D eigenvalue weighted by Crippen LogP contribution is 2.13. The highest BCUT2D eigenvalue weighted by molar-refractivity contribution is 5.70. The number of ether oxygens (including phenoxy) is 3. The van der Waals surface area contributed by atoms with Crippen molar-refractivity contribution in [2.75, 3.05) is 19.8 Å². The van der Waals surface area contributed by atoms with Gasteiger partial charge in [0.05, 0.1) is 6.61 Å². The maximum absolute atomic E-state index is 12.7. The number of carbonyl (C=O) groups is 2. The average Bonchev–Trinajstić information content (AvgIpc) is 3.22. The van der Waals surface area contributed by atoms with Crippen LogP contribution in [0.5, 0.6) is 0 Å². The maximum atomic E-state index is 12.7. The first-order valence-electron chi connectivity index (χ1n) is 24.5. The van der Waals surface area contributed by atoms with Crippen molar-refractivity contribution in [2.24, 2.45) is 0 Å². The summed E-state index contributed by atoms with van der Waals surface area (Å²) in [5.74, 6) is -0.429. The Bertz CT molecular complexity index is 1050. The van der Waals surface area contributed by atoms with Gasteiger partial charge in [0.25, 0.3) is 0 Å². The normalized spacial score (nSPS) is 12.8. The van der Waals surface area contributed by atoms with E-state index < -0.39 is 6.10 Å². The van der Waals surface area contributed by atoms with Crippen molar-refractivity contribution in [3.8, 4) is 0 Å². The van der Waals surface area contributed by atoms with Gasteiger partial charge >= 0.3 is 11.9 Å². The van der Waals surface area contributed by atoms with Crippen LogP contribution in [0.15, 0.2) is 72.9 Å². The molecule has 0 N–H and O–H groups in total. The monoisotopic (exact) mass is 809 g/mol. The Hall–Kier alpha value is -2.66. The van der Waals surface area contributed by atoms with Crippen molar-refractivity contribution >= 4 is 11.9 Å². The molecule has 0 aromatic carbocycles. The largest absolute Gasteiger partial charge is 0.462 e. The second kappa shape index (κ2) is 48.7. The van der Waals surface area contributed by atoms with Crippen LogP contribution in [0.3, 0.4) is 0 Å². The van der Waals surface area contributed by atoms with Crippen molar-refractivity contribution in [1.29, 1.82) is 0 Å². The number of hydrogen-bond donors (Lipinski definition) is 0. The number of carbonyl (C=O) groups excluding carboxylic acids is 2. The van der Waals surface area contributed by atoms with Crippen LogP contribution in [-0.4, -0.2) is 37.9 Å². The molecule has 5 heteroatoms. The lowest BCUT2D eigenvalue weighted by Gasteiger charge is -2.18. The Morgan fingerprint density at radius 2 is 0.810 bits per heavy atom. The first-order chi connectivity index (χ1) is 28.6. The summed E-state index contributed by atoms with van der Waals surface area (Å²) in [7, 11) is 0. The van der Waals surface area contributed by atoms with E-state index in [0.717, 1.165) is 89.9 Å². The molecule has 0 rings (SSSR count). The fourth-order valence-electron chi connectivity index (χ4n) is 6.54. The standard InChI is InChI=1S/C53H92O5/c1-4-7-10-13-16-19-22-24-25-26-27-28-30-33-36-39-42-45-48-56-49-51(58-53(55)47-44-41-38-35-31-21-18-15-12-9-6-3)50-57-52(54)46-43-40-37-34-32-29-23-20-17-14-11-8-5-2/h7,10-11,14-16,18-20,23-25,51H,4-6,8-9,12-13,17,21-22,26-50H2,1-3H3/b10-7-,14-11-,18-15-,19-16-,23-20-,25-24-. The molecular weight excluding hydrogens is 717 g/mol. The molecule has 0 heterocycles. The van der Waals surface area contributed by atoms with Crippen LogP contribution in [0.4, 0.5) is 0 Å². The molecule has 5 nitrogen and oxygen atoms in total. The van der Waals surface area contributed by atoms with E-state index in [0.29, 0.717) is 19.4 Å². The van der Waals surface area contributed by atoms with E-state index in [1.165, 1.54) is 103 Å². The lowest BCUT2D eigenvalue weighted by atomic mass is 10.1. The van der Waals surface area contributed by atoms with Crippen LogP contribution in [-0.2, 0) is 23.8 Å². The molecule has 0 spiro atoms. The summed E-state index contributed by atoms with van der Waals surface area (Å²) in [4.78, 5) is 25.3. The SMILES string of the molecule is CC/C=C\C/C=C\C/C=C\CCCCCCCCCCOCC(COC(=O)CCCCCCC/C=C\C/C=C\CCC)OC(=O)CCCCCCC/C=C\CCCC. The zero-order valence-electron chi connectivity index (χ0n) is 38.3. The van der Waals surface area contributed by atoms with Crippen molar-refractivity contribution in [3.63, 3.8) is 0 Å². The summed E-state index contributed by atoms with van der Waals surface area (Å²) in [6, 6.07) is 0. The van der Waals surface area contributed by atoms with Crippen molar-refractivity contribution in [3.05, 3.63) is 72.9 Å². The first kappa shape index (κ1) is 55.3. The van der Waals surface area contributed by atoms with E-state index in [1.54, 1.807) is 0 Å². The molecule has 1 unspecified atom stereocenters. The fraction of sp³-hybridized carbons (Fsp3) is 0.736. The third kappa shape index (κ3) is 46.0. The second-order valence-electron chi connectivity index (χ2n) is 16.0. The lowest BCUT2D eigenvalue weighted by Crippen LogP contribution is -2.30. The highest BCUT2D eigenvalue weighted by atomic mass is 16.6. The third-order valence-corrected chi connectivity index (χ3v) is 10.2. The fourth-order valence-corrected chi connectivity index (χ4v) is 6.54. The molecule has 0 aromatic rings. The molecule has 0 aliphatic carbocycles. The average molecular weight is 809 g/mol. The Labute approximate surface area is 359 Å². The molecule has 1 atom stereocenters. The van der Waals surface area contributed by atoms with Crippen LogP contribution >= 0.6 is 0 Å². The Morgan fingerprint density at radius 3 is 1.33 bits per heavy atom. The van der Waals surface area contributed by atoms with E-state index in [-0.39, 0.29) is 25.2 Å². The number of unbranched alkanes of at least 4 members (excludes halogenated alkanes) is 21. The molecule has 0 aromatic heterocycles. The first-order valence-corrected chi connectivity index (χ1v) is 24.5. The maximum Gasteiger partial charge on any atom is 0.306 e. The van der Waals surface area contributed by atoms with E-state index >= 15 is 0 Å². The summed E-state index contributed by atoms with van der Waals surface area (Å²) in [6.45, 7) is 7.58. The van der Waals surface area contributed by atoms with Crippen LogP contribution in [0.25, 0.3) is 0 Å². The van der Waals surface area contributed by atoms with Crippen molar-refractivity contribution in [2.45, 2.75) is 232 Å². The molecule has 0 saturated heterocycles. The van der Waals surface area contributed by atoms with Gasteiger partial charge in [0, 0.05) is 19.4 Å². The van der Waals surface area contributed by atoms with E-state index in [2.05, 4.69) is 93.7 Å². The Kier molecular flexibility index (Phi) is 46.5. The summed E-state index contributed by atoms with van der Waals surface area (Å²) in [5.41, 5.74) is 0.